The van der Waals surface area contributed by atoms with Crippen molar-refractivity contribution in [2.75, 3.05) is 6.61 Å². The summed E-state index contributed by atoms with van der Waals surface area (Å²) in [6.45, 7) is 2.91. The van der Waals surface area contributed by atoms with Gasteiger partial charge in [0.1, 0.15) is 6.61 Å². The molecule has 1 saturated heterocycles. The maximum atomic E-state index is 13.2. The second kappa shape index (κ2) is 3.74. The van der Waals surface area contributed by atoms with Crippen molar-refractivity contribution in [1.29, 1.82) is 0 Å². The van der Waals surface area contributed by atoms with Crippen LogP contribution in [0.15, 0.2) is 6.20 Å². The first-order valence-corrected chi connectivity index (χ1v) is 5.51. The molecule has 0 radical (unpaired) electrons. The quantitative estimate of drug-likeness (QED) is 0.860. The lowest BCUT2D eigenvalue weighted by Crippen LogP contribution is -2.39. The normalized spacial score (nSPS) is 29.5. The lowest BCUT2D eigenvalue weighted by atomic mass is 9.89. The number of hydrogen-bond donors (Lipinski definition) is 1. The molecule has 17 heavy (non-hydrogen) atoms. The van der Waals surface area contributed by atoms with E-state index in [1.54, 1.807) is 18.7 Å². The summed E-state index contributed by atoms with van der Waals surface area (Å²) >= 11 is 0. The van der Waals surface area contributed by atoms with Gasteiger partial charge in [0.25, 0.3) is 5.92 Å². The Labute approximate surface area is 98.7 Å². The van der Waals surface area contributed by atoms with Gasteiger partial charge in [-0.15, -0.1) is 0 Å². The Hall–Kier alpha value is -1.01. The van der Waals surface area contributed by atoms with Gasteiger partial charge in [0.15, 0.2) is 0 Å². The van der Waals surface area contributed by atoms with Crippen molar-refractivity contribution in [3.8, 4) is 0 Å². The zero-order chi connectivity index (χ0) is 12.8. The molecule has 2 N–H and O–H groups in total. The van der Waals surface area contributed by atoms with Crippen molar-refractivity contribution >= 4 is 0 Å². The SMILES string of the molecule is Cc1cn(C)nc1[C@@H](N)[C@]1(C)CC(F)(F)CO1. The summed E-state index contributed by atoms with van der Waals surface area (Å²) < 4.78 is 33.3. The van der Waals surface area contributed by atoms with Crippen LogP contribution in [0.2, 0.25) is 0 Å². The number of nitrogens with two attached hydrogens (primary N) is 1. The van der Waals surface area contributed by atoms with Crippen molar-refractivity contribution in [1.82, 2.24) is 9.78 Å². The molecule has 0 aromatic carbocycles. The topological polar surface area (TPSA) is 53.1 Å². The minimum Gasteiger partial charge on any atom is -0.367 e. The van der Waals surface area contributed by atoms with E-state index in [1.807, 2.05) is 13.1 Å². The first-order chi connectivity index (χ1) is 7.73. The molecular formula is C11H17F2N3O. The molecule has 1 aliphatic heterocycles. The van der Waals surface area contributed by atoms with Crippen LogP contribution in [0.5, 0.6) is 0 Å². The highest BCUT2D eigenvalue weighted by atomic mass is 19.3. The van der Waals surface area contributed by atoms with Crippen LogP contribution < -0.4 is 5.73 Å². The number of halogens is 2. The van der Waals surface area contributed by atoms with Crippen LogP contribution in [0.3, 0.4) is 0 Å². The molecule has 0 unspecified atom stereocenters. The Kier molecular flexibility index (Phi) is 2.74. The van der Waals surface area contributed by atoms with E-state index in [2.05, 4.69) is 5.10 Å². The van der Waals surface area contributed by atoms with Gasteiger partial charge < -0.3 is 10.5 Å². The maximum absolute atomic E-state index is 13.2. The maximum Gasteiger partial charge on any atom is 0.273 e. The van der Waals surface area contributed by atoms with Crippen molar-refractivity contribution in [3.63, 3.8) is 0 Å². The third-order valence-corrected chi connectivity index (χ3v) is 3.23. The van der Waals surface area contributed by atoms with Crippen LogP contribution in [-0.4, -0.2) is 27.9 Å². The molecule has 0 amide bonds. The van der Waals surface area contributed by atoms with Crippen LogP contribution in [0.4, 0.5) is 8.78 Å². The molecule has 2 heterocycles. The Morgan fingerprint density at radius 3 is 2.65 bits per heavy atom. The molecule has 1 aromatic heterocycles. The Balaban J connectivity index is 2.26. The van der Waals surface area contributed by atoms with Gasteiger partial charge in [0, 0.05) is 19.7 Å². The monoisotopic (exact) mass is 245 g/mol. The third kappa shape index (κ3) is 2.19. The average Bonchev–Trinajstić information content (AvgIpc) is 2.66. The zero-order valence-corrected chi connectivity index (χ0v) is 10.2. The van der Waals surface area contributed by atoms with Crippen molar-refractivity contribution in [3.05, 3.63) is 17.5 Å². The smallest absolute Gasteiger partial charge is 0.273 e. The molecule has 1 aromatic rings. The molecule has 1 aliphatic rings. The number of alkyl halides is 2. The minimum absolute atomic E-state index is 0.364. The summed E-state index contributed by atoms with van der Waals surface area (Å²) in [5, 5.41) is 4.21. The highest BCUT2D eigenvalue weighted by molar-refractivity contribution is 5.22. The van der Waals surface area contributed by atoms with E-state index in [-0.39, 0.29) is 6.42 Å². The molecule has 0 aliphatic carbocycles. The van der Waals surface area contributed by atoms with E-state index in [4.69, 9.17) is 10.5 Å². The van der Waals surface area contributed by atoms with Gasteiger partial charge in [-0.05, 0) is 19.4 Å². The Morgan fingerprint density at radius 1 is 1.59 bits per heavy atom. The van der Waals surface area contributed by atoms with Crippen LogP contribution in [0.1, 0.15) is 30.6 Å². The van der Waals surface area contributed by atoms with E-state index in [0.717, 1.165) is 5.56 Å². The van der Waals surface area contributed by atoms with Crippen molar-refractivity contribution < 1.29 is 13.5 Å². The number of rotatable bonds is 2. The number of aromatic nitrogens is 2. The lowest BCUT2D eigenvalue weighted by Gasteiger charge is -2.29. The van der Waals surface area contributed by atoms with Crippen LogP contribution >= 0.6 is 0 Å². The molecule has 2 rings (SSSR count). The van der Waals surface area contributed by atoms with Crippen LogP contribution in [0.25, 0.3) is 0 Å². The molecule has 0 saturated carbocycles. The van der Waals surface area contributed by atoms with Gasteiger partial charge in [-0.3, -0.25) is 4.68 Å². The molecular weight excluding hydrogens is 228 g/mol. The van der Waals surface area contributed by atoms with Gasteiger partial charge in [-0.1, -0.05) is 0 Å². The zero-order valence-electron chi connectivity index (χ0n) is 10.2. The van der Waals surface area contributed by atoms with Gasteiger partial charge >= 0.3 is 0 Å². The van der Waals surface area contributed by atoms with Gasteiger partial charge in [0.2, 0.25) is 0 Å². The summed E-state index contributed by atoms with van der Waals surface area (Å²) in [6.07, 6.45) is 1.45. The van der Waals surface area contributed by atoms with Crippen LogP contribution in [0, 0.1) is 6.92 Å². The molecule has 6 heteroatoms. The molecule has 2 atom stereocenters. The fourth-order valence-corrected chi connectivity index (χ4v) is 2.31. The summed E-state index contributed by atoms with van der Waals surface area (Å²) in [5.74, 6) is -2.80. The second-order valence-electron chi connectivity index (χ2n) is 4.98. The van der Waals surface area contributed by atoms with E-state index >= 15 is 0 Å². The lowest BCUT2D eigenvalue weighted by molar-refractivity contribution is -0.0268. The van der Waals surface area contributed by atoms with E-state index in [9.17, 15) is 8.78 Å². The fraction of sp³-hybridized carbons (Fsp3) is 0.727. The standard InChI is InChI=1S/C11H17F2N3O/c1-7-4-16(3)15-8(7)9(14)10(2)5-11(12,13)6-17-10/h4,9H,5-6,14H2,1-3H3/t9-,10+/m1/s1. The Bertz CT molecular complexity index is 432. The van der Waals surface area contributed by atoms with Gasteiger partial charge in [0.05, 0.1) is 17.3 Å². The molecule has 1 fully saturated rings. The minimum atomic E-state index is -2.80. The largest absolute Gasteiger partial charge is 0.367 e. The number of ether oxygens (including phenoxy) is 1. The number of hydrogen-bond acceptors (Lipinski definition) is 3. The highest BCUT2D eigenvalue weighted by Crippen LogP contribution is 2.43. The van der Waals surface area contributed by atoms with E-state index in [0.29, 0.717) is 5.69 Å². The first-order valence-electron chi connectivity index (χ1n) is 5.51. The second-order valence-corrected chi connectivity index (χ2v) is 4.98. The summed E-state index contributed by atoms with van der Waals surface area (Å²) in [4.78, 5) is 0. The van der Waals surface area contributed by atoms with Crippen LogP contribution in [-0.2, 0) is 11.8 Å². The summed E-state index contributed by atoms with van der Waals surface area (Å²) in [7, 11) is 1.77. The van der Waals surface area contributed by atoms with Gasteiger partial charge in [-0.2, -0.15) is 5.10 Å². The fourth-order valence-electron chi connectivity index (χ4n) is 2.31. The van der Waals surface area contributed by atoms with Crippen molar-refractivity contribution in [2.24, 2.45) is 12.8 Å². The average molecular weight is 245 g/mol. The third-order valence-electron chi connectivity index (χ3n) is 3.23. The summed E-state index contributed by atoms with van der Waals surface area (Å²) in [6, 6.07) is -0.642. The molecule has 4 nitrogen and oxygen atoms in total. The predicted molar refractivity (Wildman–Crippen MR) is 58.8 cm³/mol. The van der Waals surface area contributed by atoms with Gasteiger partial charge in [-0.25, -0.2) is 8.78 Å². The number of nitrogens with zero attached hydrogens (tertiary/aromatic N) is 2. The molecule has 96 valence electrons. The van der Waals surface area contributed by atoms with Crippen molar-refractivity contribution in [2.45, 2.75) is 37.8 Å². The summed E-state index contributed by atoms with van der Waals surface area (Å²) in [5.41, 5.74) is 6.49. The van der Waals surface area contributed by atoms with E-state index < -0.39 is 24.2 Å². The van der Waals surface area contributed by atoms with E-state index in [1.165, 1.54) is 0 Å². The highest BCUT2D eigenvalue weighted by Gasteiger charge is 2.52. The first kappa shape index (κ1) is 12.4. The predicted octanol–water partition coefficient (Wildman–Crippen LogP) is 1.54. The molecule has 0 spiro atoms. The number of aryl methyl sites for hydroxylation is 2. The Morgan fingerprint density at radius 2 is 2.24 bits per heavy atom. The molecule has 0 bridgehead atoms.